The summed E-state index contributed by atoms with van der Waals surface area (Å²) in [6, 6.07) is 9.20. The minimum absolute atomic E-state index is 0.0418. The summed E-state index contributed by atoms with van der Waals surface area (Å²) in [6.45, 7) is 3.80. The number of aryl methyl sites for hydroxylation is 1. The number of Topliss-reactive ketones (excluding diaryl/α,β-unsaturated/α-hetero) is 1. The van der Waals surface area contributed by atoms with E-state index >= 15 is 0 Å². The summed E-state index contributed by atoms with van der Waals surface area (Å²) in [6.07, 6.45) is 3.65. The Bertz CT molecular complexity index is 1150. The Morgan fingerprint density at radius 1 is 1.16 bits per heavy atom. The molecule has 1 atom stereocenters. The number of allylic oxidation sites excluding steroid dienone is 3. The number of dihydropyridines is 1. The molecule has 166 valence electrons. The molecule has 1 amide bonds. The zero-order valence-electron chi connectivity index (χ0n) is 18.7. The number of carbonyl (C=O) groups is 2. The van der Waals surface area contributed by atoms with Crippen molar-refractivity contribution in [3.63, 3.8) is 0 Å². The van der Waals surface area contributed by atoms with E-state index in [-0.39, 0.29) is 11.7 Å². The number of ether oxygens (including phenoxy) is 2. The second-order valence-corrected chi connectivity index (χ2v) is 8.02. The number of carbonyl (C=O) groups excluding carboxylic acids is 2. The van der Waals surface area contributed by atoms with Crippen molar-refractivity contribution in [3.05, 3.63) is 70.2 Å². The maximum absolute atomic E-state index is 13.6. The lowest BCUT2D eigenvalue weighted by molar-refractivity contribution is -0.116. The maximum atomic E-state index is 13.6. The van der Waals surface area contributed by atoms with Gasteiger partial charge in [0.15, 0.2) is 17.3 Å². The molecule has 2 heterocycles. The highest BCUT2D eigenvalue weighted by Crippen LogP contribution is 2.47. The van der Waals surface area contributed by atoms with Gasteiger partial charge in [-0.05, 0) is 50.5 Å². The third kappa shape index (κ3) is 3.86. The van der Waals surface area contributed by atoms with Crippen LogP contribution in [0.25, 0.3) is 0 Å². The van der Waals surface area contributed by atoms with Crippen LogP contribution in [0.4, 0.5) is 5.82 Å². The number of hydrogen-bond donors (Lipinski definition) is 2. The van der Waals surface area contributed by atoms with Crippen LogP contribution in [0, 0.1) is 6.92 Å². The summed E-state index contributed by atoms with van der Waals surface area (Å²) in [5.41, 5.74) is 4.38. The first-order chi connectivity index (χ1) is 15.4. The van der Waals surface area contributed by atoms with Gasteiger partial charge in [-0.1, -0.05) is 12.1 Å². The Morgan fingerprint density at radius 3 is 2.69 bits per heavy atom. The van der Waals surface area contributed by atoms with Gasteiger partial charge in [-0.25, -0.2) is 4.98 Å². The lowest BCUT2D eigenvalue weighted by Crippen LogP contribution is -2.35. The van der Waals surface area contributed by atoms with E-state index in [1.165, 1.54) is 0 Å². The van der Waals surface area contributed by atoms with Gasteiger partial charge in [0.25, 0.3) is 5.91 Å². The van der Waals surface area contributed by atoms with E-state index in [4.69, 9.17) is 9.47 Å². The number of nitrogens with zero attached hydrogens (tertiary/aromatic N) is 1. The zero-order valence-corrected chi connectivity index (χ0v) is 18.7. The summed E-state index contributed by atoms with van der Waals surface area (Å²) in [4.78, 5) is 30.9. The summed E-state index contributed by atoms with van der Waals surface area (Å²) >= 11 is 0. The molecule has 0 radical (unpaired) electrons. The number of methoxy groups -OCH3 is 2. The van der Waals surface area contributed by atoms with Crippen LogP contribution in [-0.4, -0.2) is 30.9 Å². The minimum Gasteiger partial charge on any atom is -0.493 e. The fourth-order valence-corrected chi connectivity index (χ4v) is 4.52. The van der Waals surface area contributed by atoms with Crippen molar-refractivity contribution in [2.45, 2.75) is 39.0 Å². The van der Waals surface area contributed by atoms with Gasteiger partial charge >= 0.3 is 0 Å². The van der Waals surface area contributed by atoms with Gasteiger partial charge in [0, 0.05) is 40.7 Å². The molecule has 0 saturated carbocycles. The average molecular weight is 434 g/mol. The molecule has 7 heteroatoms. The molecular weight excluding hydrogens is 406 g/mol. The molecule has 4 rings (SSSR count). The van der Waals surface area contributed by atoms with Gasteiger partial charge in [-0.3, -0.25) is 9.59 Å². The number of nitrogens with one attached hydrogen (secondary N) is 2. The summed E-state index contributed by atoms with van der Waals surface area (Å²) in [5.74, 6) is 0.675. The first kappa shape index (κ1) is 21.6. The Morgan fingerprint density at radius 2 is 1.97 bits per heavy atom. The van der Waals surface area contributed by atoms with Gasteiger partial charge in [0.2, 0.25) is 0 Å². The largest absolute Gasteiger partial charge is 0.493 e. The van der Waals surface area contributed by atoms with Crippen LogP contribution in [-0.2, 0) is 9.59 Å². The first-order valence-corrected chi connectivity index (χ1v) is 10.6. The lowest BCUT2D eigenvalue weighted by atomic mass is 9.74. The second kappa shape index (κ2) is 8.86. The molecule has 0 fully saturated rings. The predicted octanol–water partition coefficient (Wildman–Crippen LogP) is 4.01. The van der Waals surface area contributed by atoms with Crippen molar-refractivity contribution in [1.29, 1.82) is 0 Å². The third-order valence-electron chi connectivity index (χ3n) is 5.92. The monoisotopic (exact) mass is 433 g/mol. The Kier molecular flexibility index (Phi) is 5.99. The summed E-state index contributed by atoms with van der Waals surface area (Å²) < 4.78 is 11.2. The number of amides is 1. The van der Waals surface area contributed by atoms with Crippen LogP contribution in [0.15, 0.2) is 59.1 Å². The minimum atomic E-state index is -0.575. The fraction of sp³-hybridized carbons (Fsp3) is 0.320. The normalized spacial score (nSPS) is 18.1. The fourth-order valence-electron chi connectivity index (χ4n) is 4.52. The van der Waals surface area contributed by atoms with Gasteiger partial charge in [0.05, 0.1) is 20.1 Å². The number of pyridine rings is 1. The molecule has 0 saturated heterocycles. The van der Waals surface area contributed by atoms with E-state index in [0.29, 0.717) is 40.6 Å². The second-order valence-electron chi connectivity index (χ2n) is 8.02. The molecule has 0 bridgehead atoms. The van der Waals surface area contributed by atoms with Crippen molar-refractivity contribution in [1.82, 2.24) is 10.3 Å². The Labute approximate surface area is 187 Å². The van der Waals surface area contributed by atoms with Crippen LogP contribution < -0.4 is 20.1 Å². The van der Waals surface area contributed by atoms with E-state index in [2.05, 4.69) is 15.6 Å². The predicted molar refractivity (Wildman–Crippen MR) is 122 cm³/mol. The number of para-hydroxylation sites is 1. The molecule has 2 N–H and O–H groups in total. The van der Waals surface area contributed by atoms with Gasteiger partial charge in [-0.2, -0.15) is 0 Å². The highest BCUT2D eigenvalue weighted by atomic mass is 16.5. The van der Waals surface area contributed by atoms with E-state index in [9.17, 15) is 9.59 Å². The molecule has 0 spiro atoms. The van der Waals surface area contributed by atoms with Gasteiger partial charge in [0.1, 0.15) is 5.82 Å². The summed E-state index contributed by atoms with van der Waals surface area (Å²) in [7, 11) is 3.13. The van der Waals surface area contributed by atoms with Crippen LogP contribution >= 0.6 is 0 Å². The molecular formula is C25H27N3O4. The van der Waals surface area contributed by atoms with Crippen molar-refractivity contribution in [3.8, 4) is 11.5 Å². The number of rotatable bonds is 5. The highest BCUT2D eigenvalue weighted by molar-refractivity contribution is 6.09. The van der Waals surface area contributed by atoms with Crippen molar-refractivity contribution in [2.75, 3.05) is 19.5 Å². The van der Waals surface area contributed by atoms with Crippen LogP contribution in [0.5, 0.6) is 11.5 Å². The van der Waals surface area contributed by atoms with Crippen molar-refractivity contribution >= 4 is 17.5 Å². The molecule has 32 heavy (non-hydrogen) atoms. The van der Waals surface area contributed by atoms with Crippen LogP contribution in [0.2, 0.25) is 0 Å². The number of benzene rings is 1. The van der Waals surface area contributed by atoms with E-state index in [1.807, 2.05) is 38.1 Å². The van der Waals surface area contributed by atoms with Gasteiger partial charge < -0.3 is 20.1 Å². The van der Waals surface area contributed by atoms with E-state index in [0.717, 1.165) is 29.7 Å². The Balaban J connectivity index is 1.86. The summed E-state index contributed by atoms with van der Waals surface area (Å²) in [5, 5.41) is 6.23. The number of aromatic nitrogens is 1. The van der Waals surface area contributed by atoms with E-state index in [1.54, 1.807) is 26.5 Å². The van der Waals surface area contributed by atoms with Crippen molar-refractivity contribution < 1.29 is 19.1 Å². The SMILES string of the molecule is COc1cccc(C2C(C(=O)Nc3cc(C)ccn3)=C(C)NC3=C2C(=O)CCC3)c1OC. The van der Waals surface area contributed by atoms with Crippen molar-refractivity contribution in [2.24, 2.45) is 0 Å². The standard InChI is InChI=1S/C25H27N3O4/c1-14-11-12-26-20(13-14)28-25(30)21-15(2)27-17-8-6-9-18(29)23(17)22(21)16-7-5-10-19(31-3)24(16)32-4/h5,7,10-13,22,27H,6,8-9H2,1-4H3,(H,26,28,30). The molecule has 1 unspecified atom stereocenters. The molecule has 1 aromatic carbocycles. The van der Waals surface area contributed by atoms with E-state index < -0.39 is 5.92 Å². The number of ketones is 1. The van der Waals surface area contributed by atoms with Crippen LogP contribution in [0.3, 0.4) is 0 Å². The topological polar surface area (TPSA) is 89.5 Å². The molecule has 2 aliphatic rings. The number of hydrogen-bond acceptors (Lipinski definition) is 6. The Hall–Kier alpha value is -3.61. The molecule has 2 aromatic rings. The lowest BCUT2D eigenvalue weighted by Gasteiger charge is -2.35. The first-order valence-electron chi connectivity index (χ1n) is 10.6. The zero-order chi connectivity index (χ0) is 22.8. The molecule has 1 aliphatic carbocycles. The average Bonchev–Trinajstić information content (AvgIpc) is 2.77. The number of anilines is 1. The van der Waals surface area contributed by atoms with Gasteiger partial charge in [-0.15, -0.1) is 0 Å². The molecule has 7 nitrogen and oxygen atoms in total. The quantitative estimate of drug-likeness (QED) is 0.741. The van der Waals surface area contributed by atoms with Crippen LogP contribution in [0.1, 0.15) is 43.2 Å². The third-order valence-corrected chi connectivity index (χ3v) is 5.92. The highest BCUT2D eigenvalue weighted by Gasteiger charge is 2.40. The maximum Gasteiger partial charge on any atom is 0.255 e. The molecule has 1 aliphatic heterocycles. The molecule has 1 aromatic heterocycles. The smallest absolute Gasteiger partial charge is 0.255 e.